The van der Waals surface area contributed by atoms with E-state index < -0.39 is 0 Å². The molecule has 0 spiro atoms. The minimum atomic E-state index is -0.0618. The molecule has 16 heavy (non-hydrogen) atoms. The van der Waals surface area contributed by atoms with E-state index in [1.54, 1.807) is 7.05 Å². The molecule has 0 saturated heterocycles. The van der Waals surface area contributed by atoms with Gasteiger partial charge in [0, 0.05) is 19.3 Å². The van der Waals surface area contributed by atoms with Crippen molar-refractivity contribution in [2.75, 3.05) is 32.1 Å². The summed E-state index contributed by atoms with van der Waals surface area (Å²) in [7, 11) is 3.10. The van der Waals surface area contributed by atoms with Gasteiger partial charge in [-0.25, -0.2) is 5.06 Å². The van der Waals surface area contributed by atoms with E-state index in [9.17, 15) is 4.79 Å². The maximum absolute atomic E-state index is 11.7. The lowest BCUT2D eigenvalue weighted by Crippen LogP contribution is -2.37. The van der Waals surface area contributed by atoms with Gasteiger partial charge in [0.2, 0.25) is 0 Å². The van der Waals surface area contributed by atoms with Crippen LogP contribution in [0.25, 0.3) is 0 Å². The van der Waals surface area contributed by atoms with Crippen LogP contribution in [0.4, 0.5) is 5.69 Å². The predicted molar refractivity (Wildman–Crippen MR) is 64.1 cm³/mol. The number of anilines is 1. The lowest BCUT2D eigenvalue weighted by molar-refractivity contribution is -0.166. The summed E-state index contributed by atoms with van der Waals surface area (Å²) in [5.41, 5.74) is 1.04. The fraction of sp³-hybridized carbons (Fsp3) is 0.417. The van der Waals surface area contributed by atoms with Crippen molar-refractivity contribution in [3.05, 3.63) is 30.3 Å². The largest absolute Gasteiger partial charge is 0.362 e. The number of likely N-dealkylation sites (N-methyl/N-ethyl adjacent to an activating group) is 2. The average molecular weight is 222 g/mol. The van der Waals surface area contributed by atoms with Crippen molar-refractivity contribution < 1.29 is 9.63 Å². The highest BCUT2D eigenvalue weighted by Gasteiger charge is 2.13. The van der Waals surface area contributed by atoms with Gasteiger partial charge in [0.05, 0.1) is 13.7 Å². The maximum atomic E-state index is 11.7. The Kier molecular flexibility index (Phi) is 4.79. The molecule has 0 aromatic heterocycles. The average Bonchev–Trinajstić information content (AvgIpc) is 2.35. The third-order valence-corrected chi connectivity index (χ3v) is 2.45. The number of hydrogen-bond donors (Lipinski definition) is 0. The second kappa shape index (κ2) is 6.12. The molecule has 0 radical (unpaired) electrons. The van der Waals surface area contributed by atoms with Crippen LogP contribution < -0.4 is 4.90 Å². The molecule has 1 aromatic carbocycles. The molecule has 0 N–H and O–H groups in total. The third-order valence-electron chi connectivity index (χ3n) is 2.45. The van der Waals surface area contributed by atoms with Crippen LogP contribution in [0, 0.1) is 0 Å². The zero-order valence-electron chi connectivity index (χ0n) is 10.0. The summed E-state index contributed by atoms with van der Waals surface area (Å²) in [6, 6.07) is 9.86. The van der Waals surface area contributed by atoms with E-state index >= 15 is 0 Å². The Morgan fingerprint density at radius 1 is 1.31 bits per heavy atom. The van der Waals surface area contributed by atoms with Crippen molar-refractivity contribution in [2.24, 2.45) is 0 Å². The smallest absolute Gasteiger partial charge is 0.265 e. The summed E-state index contributed by atoms with van der Waals surface area (Å²) in [6.07, 6.45) is 0. The molecule has 0 heterocycles. The van der Waals surface area contributed by atoms with Crippen LogP contribution in [0.5, 0.6) is 0 Å². The van der Waals surface area contributed by atoms with E-state index in [0.717, 1.165) is 12.2 Å². The van der Waals surface area contributed by atoms with Gasteiger partial charge < -0.3 is 4.90 Å². The first-order valence-corrected chi connectivity index (χ1v) is 5.29. The first-order chi connectivity index (χ1) is 7.69. The third kappa shape index (κ3) is 3.24. The van der Waals surface area contributed by atoms with Crippen molar-refractivity contribution >= 4 is 11.6 Å². The summed E-state index contributed by atoms with van der Waals surface area (Å²) >= 11 is 0. The summed E-state index contributed by atoms with van der Waals surface area (Å²) in [5.74, 6) is -0.0618. The molecule has 1 aromatic rings. The van der Waals surface area contributed by atoms with E-state index in [1.165, 1.54) is 12.2 Å². The minimum Gasteiger partial charge on any atom is -0.362 e. The number of carbonyl (C=O) groups excluding carboxylic acids is 1. The van der Waals surface area contributed by atoms with Crippen LogP contribution in [0.15, 0.2) is 30.3 Å². The highest BCUT2D eigenvalue weighted by atomic mass is 16.7. The zero-order valence-corrected chi connectivity index (χ0v) is 10.0. The maximum Gasteiger partial charge on any atom is 0.265 e. The topological polar surface area (TPSA) is 32.8 Å². The van der Waals surface area contributed by atoms with E-state index in [-0.39, 0.29) is 5.91 Å². The molecule has 4 nitrogen and oxygen atoms in total. The quantitative estimate of drug-likeness (QED) is 0.708. The molecule has 0 aliphatic carbocycles. The Labute approximate surface area is 96.4 Å². The van der Waals surface area contributed by atoms with Crippen molar-refractivity contribution in [1.82, 2.24) is 5.06 Å². The number of amides is 1. The van der Waals surface area contributed by atoms with Gasteiger partial charge in [-0.05, 0) is 19.1 Å². The van der Waals surface area contributed by atoms with Crippen molar-refractivity contribution in [3.63, 3.8) is 0 Å². The lowest BCUT2D eigenvalue weighted by Gasteiger charge is -2.24. The van der Waals surface area contributed by atoms with Crippen LogP contribution in [-0.2, 0) is 9.63 Å². The minimum absolute atomic E-state index is 0.0618. The standard InChI is InChI=1S/C12H18N2O2/c1-4-14(10-12(15)13(2)16-3)11-8-6-5-7-9-11/h5-9H,4,10H2,1-3H3. The number of rotatable bonds is 5. The summed E-state index contributed by atoms with van der Waals surface area (Å²) in [4.78, 5) is 18.5. The van der Waals surface area contributed by atoms with Gasteiger partial charge >= 0.3 is 0 Å². The monoisotopic (exact) mass is 222 g/mol. The molecule has 0 bridgehead atoms. The van der Waals surface area contributed by atoms with E-state index in [0.29, 0.717) is 6.54 Å². The second-order valence-electron chi connectivity index (χ2n) is 3.42. The summed E-state index contributed by atoms with van der Waals surface area (Å²) in [6.45, 7) is 3.13. The van der Waals surface area contributed by atoms with Gasteiger partial charge in [-0.15, -0.1) is 0 Å². The Morgan fingerprint density at radius 2 is 1.94 bits per heavy atom. The van der Waals surface area contributed by atoms with Gasteiger partial charge in [0.1, 0.15) is 0 Å². The van der Waals surface area contributed by atoms with Gasteiger partial charge in [0.25, 0.3) is 5.91 Å². The molecule has 0 atom stereocenters. The van der Waals surface area contributed by atoms with Gasteiger partial charge in [0.15, 0.2) is 0 Å². The number of hydroxylamine groups is 2. The molecule has 0 unspecified atom stereocenters. The molecule has 88 valence electrons. The number of benzene rings is 1. The zero-order chi connectivity index (χ0) is 12.0. The Bertz CT molecular complexity index is 327. The highest BCUT2D eigenvalue weighted by molar-refractivity contribution is 5.80. The normalized spacial score (nSPS) is 9.94. The molecule has 4 heteroatoms. The molecule has 0 aliphatic rings. The van der Waals surface area contributed by atoms with Crippen molar-refractivity contribution in [3.8, 4) is 0 Å². The summed E-state index contributed by atoms with van der Waals surface area (Å²) in [5, 5.41) is 1.24. The van der Waals surface area contributed by atoms with Gasteiger partial charge in [-0.2, -0.15) is 0 Å². The van der Waals surface area contributed by atoms with Crippen LogP contribution in [-0.4, -0.2) is 38.2 Å². The van der Waals surface area contributed by atoms with E-state index in [1.807, 2.05) is 42.2 Å². The Balaban J connectivity index is 2.66. The van der Waals surface area contributed by atoms with Crippen LogP contribution >= 0.6 is 0 Å². The highest BCUT2D eigenvalue weighted by Crippen LogP contribution is 2.12. The molecule has 0 saturated carbocycles. The number of carbonyl (C=O) groups is 1. The van der Waals surface area contributed by atoms with E-state index in [4.69, 9.17) is 4.84 Å². The molecular weight excluding hydrogens is 204 g/mol. The Hall–Kier alpha value is -1.55. The van der Waals surface area contributed by atoms with Crippen LogP contribution in [0.3, 0.4) is 0 Å². The molecule has 0 aliphatic heterocycles. The van der Waals surface area contributed by atoms with Crippen LogP contribution in [0.1, 0.15) is 6.92 Å². The number of para-hydroxylation sites is 1. The number of nitrogens with zero attached hydrogens (tertiary/aromatic N) is 2. The van der Waals surface area contributed by atoms with Crippen LogP contribution in [0.2, 0.25) is 0 Å². The molecular formula is C12H18N2O2. The predicted octanol–water partition coefficient (Wildman–Crippen LogP) is 1.53. The van der Waals surface area contributed by atoms with Gasteiger partial charge in [-0.3, -0.25) is 9.63 Å². The fourth-order valence-electron chi connectivity index (χ4n) is 1.39. The first kappa shape index (κ1) is 12.5. The van der Waals surface area contributed by atoms with Crippen molar-refractivity contribution in [2.45, 2.75) is 6.92 Å². The van der Waals surface area contributed by atoms with Crippen molar-refractivity contribution in [1.29, 1.82) is 0 Å². The first-order valence-electron chi connectivity index (χ1n) is 5.29. The molecule has 1 rings (SSSR count). The SMILES string of the molecule is CCN(CC(=O)N(C)OC)c1ccccc1. The second-order valence-corrected chi connectivity index (χ2v) is 3.42. The van der Waals surface area contributed by atoms with E-state index in [2.05, 4.69) is 0 Å². The Morgan fingerprint density at radius 3 is 2.44 bits per heavy atom. The fourth-order valence-corrected chi connectivity index (χ4v) is 1.39. The molecule has 0 fully saturated rings. The molecule has 1 amide bonds. The number of hydrogen-bond acceptors (Lipinski definition) is 3. The van der Waals surface area contributed by atoms with Gasteiger partial charge in [-0.1, -0.05) is 18.2 Å². The lowest BCUT2D eigenvalue weighted by atomic mass is 10.3. The summed E-state index contributed by atoms with van der Waals surface area (Å²) < 4.78 is 0.